The number of anilines is 1. The Morgan fingerprint density at radius 1 is 0.895 bits per heavy atom. The third-order valence-corrected chi connectivity index (χ3v) is 6.47. The molecule has 0 unspecified atom stereocenters. The van der Waals surface area contributed by atoms with Crippen molar-refractivity contribution in [1.82, 2.24) is 10.3 Å². The molecule has 1 aromatic heterocycles. The number of methoxy groups -OCH3 is 1. The summed E-state index contributed by atoms with van der Waals surface area (Å²) in [6, 6.07) is 13.4. The van der Waals surface area contributed by atoms with Gasteiger partial charge in [-0.2, -0.15) is 26.3 Å². The summed E-state index contributed by atoms with van der Waals surface area (Å²) < 4.78 is 84.4. The summed E-state index contributed by atoms with van der Waals surface area (Å²) in [4.78, 5) is 18.8. The molecule has 0 radical (unpaired) electrons. The summed E-state index contributed by atoms with van der Waals surface area (Å²) in [5.41, 5.74) is -2.00. The van der Waals surface area contributed by atoms with Gasteiger partial charge in [0.15, 0.2) is 0 Å². The highest BCUT2D eigenvalue weighted by atomic mass is 19.4. The first kappa shape index (κ1) is 27.4. The number of ether oxygens (including phenoxy) is 1. The van der Waals surface area contributed by atoms with Crippen LogP contribution in [0.2, 0.25) is 0 Å². The lowest BCUT2D eigenvalue weighted by Crippen LogP contribution is -2.48. The third-order valence-electron chi connectivity index (χ3n) is 6.47. The van der Waals surface area contributed by atoms with Gasteiger partial charge >= 0.3 is 12.4 Å². The van der Waals surface area contributed by atoms with Crippen LogP contribution in [0.5, 0.6) is 5.75 Å². The van der Waals surface area contributed by atoms with Gasteiger partial charge in [0, 0.05) is 5.69 Å². The number of nitrogens with one attached hydrogen (secondary N) is 1. The number of amides is 1. The van der Waals surface area contributed by atoms with E-state index in [0.717, 1.165) is 18.2 Å². The monoisotopic (exact) mass is 537 g/mol. The van der Waals surface area contributed by atoms with E-state index in [-0.39, 0.29) is 17.8 Å². The molecule has 1 saturated heterocycles. The molecule has 1 fully saturated rings. The first-order valence-electron chi connectivity index (χ1n) is 11.7. The van der Waals surface area contributed by atoms with Crippen molar-refractivity contribution in [2.24, 2.45) is 0 Å². The van der Waals surface area contributed by atoms with Gasteiger partial charge in [-0.05, 0) is 74.4 Å². The minimum absolute atomic E-state index is 0.0889. The summed E-state index contributed by atoms with van der Waals surface area (Å²) in [5, 5.41) is 3.13. The second kappa shape index (κ2) is 9.94. The topological polar surface area (TPSA) is 54.5 Å². The Labute approximate surface area is 215 Å². The molecule has 1 N–H and O–H groups in total. The minimum Gasteiger partial charge on any atom is -0.497 e. The van der Waals surface area contributed by atoms with Crippen molar-refractivity contribution in [3.8, 4) is 5.75 Å². The Morgan fingerprint density at radius 2 is 1.53 bits per heavy atom. The van der Waals surface area contributed by atoms with Gasteiger partial charge in [-0.1, -0.05) is 18.2 Å². The molecule has 1 aliphatic rings. The number of benzene rings is 2. The fourth-order valence-corrected chi connectivity index (χ4v) is 4.57. The Hall–Kier alpha value is -3.60. The second-order valence-corrected chi connectivity index (χ2v) is 9.51. The van der Waals surface area contributed by atoms with Crippen molar-refractivity contribution < 1.29 is 35.9 Å². The van der Waals surface area contributed by atoms with Crippen molar-refractivity contribution in [3.63, 3.8) is 0 Å². The predicted octanol–water partition coefficient (Wildman–Crippen LogP) is 6.50. The zero-order valence-corrected chi connectivity index (χ0v) is 20.7. The summed E-state index contributed by atoms with van der Waals surface area (Å²) >= 11 is 0. The third kappa shape index (κ3) is 5.62. The van der Waals surface area contributed by atoms with Crippen LogP contribution < -0.4 is 15.0 Å². The van der Waals surface area contributed by atoms with E-state index in [2.05, 4.69) is 10.3 Å². The van der Waals surface area contributed by atoms with Crippen LogP contribution in [0.3, 0.4) is 0 Å². The van der Waals surface area contributed by atoms with Crippen LogP contribution >= 0.6 is 0 Å². The lowest BCUT2D eigenvalue weighted by atomic mass is 9.96. The van der Waals surface area contributed by atoms with Crippen LogP contribution in [-0.2, 0) is 22.7 Å². The maximum atomic E-state index is 13.7. The average molecular weight is 538 g/mol. The number of alkyl halides is 6. The van der Waals surface area contributed by atoms with Crippen LogP contribution in [-0.4, -0.2) is 24.0 Å². The zero-order chi connectivity index (χ0) is 27.9. The Morgan fingerprint density at radius 3 is 2.13 bits per heavy atom. The van der Waals surface area contributed by atoms with E-state index in [4.69, 9.17) is 4.74 Å². The minimum atomic E-state index is -4.63. The highest BCUT2D eigenvalue weighted by molar-refractivity contribution is 6.00. The molecule has 0 aliphatic carbocycles. The van der Waals surface area contributed by atoms with Gasteiger partial charge in [0.2, 0.25) is 5.91 Å². The fourth-order valence-electron chi connectivity index (χ4n) is 4.57. The number of hydrogen-bond donors (Lipinski definition) is 1. The van der Waals surface area contributed by atoms with E-state index in [1.807, 2.05) is 0 Å². The highest BCUT2D eigenvalue weighted by Crippen LogP contribution is 2.40. The lowest BCUT2D eigenvalue weighted by Gasteiger charge is -2.29. The summed E-state index contributed by atoms with van der Waals surface area (Å²) in [7, 11) is 1.49. The first-order chi connectivity index (χ1) is 17.7. The molecule has 2 aromatic carbocycles. The Bertz CT molecular complexity index is 1310. The number of pyridine rings is 1. The van der Waals surface area contributed by atoms with E-state index in [0.29, 0.717) is 11.3 Å². The molecule has 0 bridgehead atoms. The smallest absolute Gasteiger partial charge is 0.433 e. The molecule has 1 aliphatic heterocycles. The predicted molar refractivity (Wildman–Crippen MR) is 128 cm³/mol. The van der Waals surface area contributed by atoms with Gasteiger partial charge in [0.1, 0.15) is 11.4 Å². The number of carbonyl (C=O) groups is 1. The number of halogens is 6. The molecule has 4 rings (SSSR count). The Balaban J connectivity index is 1.69. The van der Waals surface area contributed by atoms with Gasteiger partial charge in [-0.25, -0.2) is 4.98 Å². The van der Waals surface area contributed by atoms with Gasteiger partial charge in [0.25, 0.3) is 0 Å². The number of aromatic nitrogens is 1. The van der Waals surface area contributed by atoms with Crippen molar-refractivity contribution in [3.05, 3.63) is 89.2 Å². The standard InChI is InChI=1S/C27H25F6N3O2/c1-25(2,22-8-5-9-23(34-22)27(31,32)33)35-20-15-21(16-6-4-7-19(14-16)38-3)36(24(20)37)18-12-10-17(11-13-18)26(28,29)30/h4-14,20-21,35H,15H2,1-3H3/t20-,21-/m1/s1. The van der Waals surface area contributed by atoms with Crippen LogP contribution in [0.1, 0.15) is 48.8 Å². The highest BCUT2D eigenvalue weighted by Gasteiger charge is 2.44. The normalized spacial score (nSPS) is 18.7. The van der Waals surface area contributed by atoms with Gasteiger partial charge in [0.05, 0.1) is 36.0 Å². The SMILES string of the molecule is COc1cccc([C@H]2C[C@@H](NC(C)(C)c3cccc(C(F)(F)F)n3)C(=O)N2c2ccc(C(F)(F)F)cc2)c1. The second-order valence-electron chi connectivity index (χ2n) is 9.51. The molecule has 2 heterocycles. The van der Waals surface area contributed by atoms with Crippen LogP contribution in [0.15, 0.2) is 66.7 Å². The molecule has 202 valence electrons. The molecular weight excluding hydrogens is 512 g/mol. The van der Waals surface area contributed by atoms with Crippen molar-refractivity contribution in [1.29, 1.82) is 0 Å². The first-order valence-corrected chi connectivity index (χ1v) is 11.7. The van der Waals surface area contributed by atoms with Crippen molar-refractivity contribution in [2.45, 2.75) is 50.2 Å². The number of carbonyl (C=O) groups excluding carboxylic acids is 1. The number of hydrogen-bond acceptors (Lipinski definition) is 4. The maximum absolute atomic E-state index is 13.7. The summed E-state index contributed by atoms with van der Waals surface area (Å²) in [5.74, 6) is 0.102. The van der Waals surface area contributed by atoms with E-state index in [1.54, 1.807) is 38.1 Å². The van der Waals surface area contributed by atoms with E-state index < -0.39 is 47.1 Å². The fraction of sp³-hybridized carbons (Fsp3) is 0.333. The molecule has 5 nitrogen and oxygen atoms in total. The van der Waals surface area contributed by atoms with E-state index >= 15 is 0 Å². The molecule has 38 heavy (non-hydrogen) atoms. The molecule has 11 heteroatoms. The Kier molecular flexibility index (Phi) is 7.17. The summed E-state index contributed by atoms with van der Waals surface area (Å²) in [6.45, 7) is 3.23. The largest absolute Gasteiger partial charge is 0.497 e. The summed E-state index contributed by atoms with van der Waals surface area (Å²) in [6.07, 6.45) is -8.96. The molecule has 2 atom stereocenters. The van der Waals surface area contributed by atoms with Crippen LogP contribution in [0.25, 0.3) is 0 Å². The van der Waals surface area contributed by atoms with E-state index in [1.165, 1.54) is 36.3 Å². The number of rotatable bonds is 6. The van der Waals surface area contributed by atoms with Gasteiger partial charge in [-0.15, -0.1) is 0 Å². The quantitative estimate of drug-likeness (QED) is 0.365. The average Bonchev–Trinajstić information content (AvgIpc) is 3.18. The zero-order valence-electron chi connectivity index (χ0n) is 20.7. The van der Waals surface area contributed by atoms with Crippen molar-refractivity contribution >= 4 is 11.6 Å². The number of nitrogens with zero attached hydrogens (tertiary/aromatic N) is 2. The molecule has 1 amide bonds. The van der Waals surface area contributed by atoms with Crippen LogP contribution in [0.4, 0.5) is 32.0 Å². The van der Waals surface area contributed by atoms with Gasteiger partial charge < -0.3 is 9.64 Å². The van der Waals surface area contributed by atoms with Crippen LogP contribution in [0, 0.1) is 0 Å². The lowest BCUT2D eigenvalue weighted by molar-refractivity contribution is -0.141. The van der Waals surface area contributed by atoms with Crippen molar-refractivity contribution in [2.75, 3.05) is 12.0 Å². The molecular formula is C27H25F6N3O2. The molecule has 3 aromatic rings. The maximum Gasteiger partial charge on any atom is 0.433 e. The molecule has 0 spiro atoms. The van der Waals surface area contributed by atoms with E-state index in [9.17, 15) is 31.1 Å². The molecule has 0 saturated carbocycles. The van der Waals surface area contributed by atoms with Gasteiger partial charge in [-0.3, -0.25) is 10.1 Å².